The molecule has 0 aliphatic rings. The van der Waals surface area contributed by atoms with Gasteiger partial charge in [0.2, 0.25) is 0 Å². The highest BCUT2D eigenvalue weighted by atomic mass is 19.4. The Labute approximate surface area is 103 Å². The Morgan fingerprint density at radius 1 is 1.11 bits per heavy atom. The van der Waals surface area contributed by atoms with Gasteiger partial charge in [0.1, 0.15) is 12.4 Å². The van der Waals surface area contributed by atoms with Gasteiger partial charge in [0.15, 0.2) is 0 Å². The molecule has 7 heteroatoms. The lowest BCUT2D eigenvalue weighted by molar-refractivity contribution is 0.100. The van der Waals surface area contributed by atoms with Crippen LogP contribution in [0.25, 0.3) is 0 Å². The Kier molecular flexibility index (Phi) is 5.46. The maximum Gasteiger partial charge on any atom is 0.512 e. The zero-order valence-corrected chi connectivity index (χ0v) is 9.97. The highest BCUT2D eigenvalue weighted by molar-refractivity contribution is 6.73. The van der Waals surface area contributed by atoms with E-state index in [4.69, 9.17) is 9.47 Å². The smallest absolute Gasteiger partial charge is 0.491 e. The second-order valence-electron chi connectivity index (χ2n) is 3.72. The number of benzene rings is 1. The van der Waals surface area contributed by atoms with Gasteiger partial charge in [-0.25, -0.2) is 4.39 Å². The molecule has 102 valence electrons. The molecule has 1 aromatic carbocycles. The summed E-state index contributed by atoms with van der Waals surface area (Å²) in [6, 6.07) is 2.54. The third-order valence-corrected chi connectivity index (χ3v) is 2.17. The van der Waals surface area contributed by atoms with E-state index < -0.39 is 18.3 Å². The molecule has 1 rings (SSSR count). The minimum atomic E-state index is -5.33. The fraction of sp³-hybridized carbons (Fsp3) is 0.455. The number of rotatable bonds is 7. The van der Waals surface area contributed by atoms with Gasteiger partial charge in [-0.1, -0.05) is 18.5 Å². The summed E-state index contributed by atoms with van der Waals surface area (Å²) < 4.78 is 60.4. The van der Waals surface area contributed by atoms with E-state index in [1.54, 1.807) is 0 Å². The Morgan fingerprint density at radius 3 is 2.39 bits per heavy atom. The van der Waals surface area contributed by atoms with Crippen LogP contribution in [0.15, 0.2) is 18.2 Å². The van der Waals surface area contributed by atoms with Crippen LogP contribution in [0.5, 0.6) is 5.75 Å². The molecule has 0 aliphatic carbocycles. The number of hydrogen-bond acceptors (Lipinski definition) is 2. The molecule has 0 N–H and O–H groups in total. The van der Waals surface area contributed by atoms with Crippen molar-refractivity contribution in [2.45, 2.75) is 13.3 Å². The van der Waals surface area contributed by atoms with Crippen molar-refractivity contribution < 1.29 is 26.8 Å². The number of halogens is 4. The van der Waals surface area contributed by atoms with Crippen molar-refractivity contribution in [1.29, 1.82) is 0 Å². The summed E-state index contributed by atoms with van der Waals surface area (Å²) in [7, 11) is 0. The molecule has 0 fully saturated rings. The minimum Gasteiger partial charge on any atom is -0.491 e. The maximum atomic E-state index is 13.2. The van der Waals surface area contributed by atoms with Crippen LogP contribution < -0.4 is 10.2 Å². The summed E-state index contributed by atoms with van der Waals surface area (Å²) >= 11 is 0. The van der Waals surface area contributed by atoms with Gasteiger partial charge >= 0.3 is 6.98 Å². The zero-order chi connectivity index (χ0) is 13.6. The van der Waals surface area contributed by atoms with Gasteiger partial charge in [-0.2, -0.15) is 0 Å². The molecular formula is C11H14BF4O2-. The molecule has 0 amide bonds. The van der Waals surface area contributed by atoms with Gasteiger partial charge in [0, 0.05) is 12.7 Å². The summed E-state index contributed by atoms with van der Waals surface area (Å²) in [5.74, 6) is -1.24. The second kappa shape index (κ2) is 6.63. The number of hydrogen-bond donors (Lipinski definition) is 0. The van der Waals surface area contributed by atoms with E-state index in [9.17, 15) is 17.3 Å². The molecule has 0 saturated carbocycles. The van der Waals surface area contributed by atoms with Crippen molar-refractivity contribution in [3.63, 3.8) is 0 Å². The molecule has 1 aromatic rings. The van der Waals surface area contributed by atoms with Crippen LogP contribution in [0.4, 0.5) is 17.3 Å². The predicted molar refractivity (Wildman–Crippen MR) is 61.7 cm³/mol. The lowest BCUT2D eigenvalue weighted by atomic mass is 9.80. The van der Waals surface area contributed by atoms with Crippen LogP contribution >= 0.6 is 0 Å². The highest BCUT2D eigenvalue weighted by Crippen LogP contribution is 2.16. The average molecular weight is 265 g/mol. The zero-order valence-electron chi connectivity index (χ0n) is 9.97. The van der Waals surface area contributed by atoms with Gasteiger partial charge in [-0.3, -0.25) is 0 Å². The standard InChI is InChI=1S/C11H14BF4O2/c1-2-5-17-6-7-18-9-3-4-10(11(13)8-9)12(14,15)16/h3-4,8H,2,5-7H2,1H3/q-1. The molecule has 2 nitrogen and oxygen atoms in total. The SMILES string of the molecule is CCCOCCOc1ccc([B-](F)(F)F)c(F)c1. The first kappa shape index (κ1) is 14.8. The van der Waals surface area contributed by atoms with E-state index in [0.29, 0.717) is 19.3 Å². The van der Waals surface area contributed by atoms with Gasteiger partial charge in [-0.15, -0.1) is 0 Å². The quantitative estimate of drug-likeness (QED) is 0.428. The molecule has 0 saturated heterocycles. The molecule has 0 unspecified atom stereocenters. The van der Waals surface area contributed by atoms with Crippen LogP contribution in [-0.4, -0.2) is 26.8 Å². The molecule has 0 radical (unpaired) electrons. The van der Waals surface area contributed by atoms with Crippen LogP contribution in [0.1, 0.15) is 13.3 Å². The van der Waals surface area contributed by atoms with Crippen LogP contribution in [0, 0.1) is 5.82 Å². The van der Waals surface area contributed by atoms with Crippen LogP contribution in [0.2, 0.25) is 0 Å². The molecule has 0 aliphatic heterocycles. The van der Waals surface area contributed by atoms with Gasteiger partial charge in [0.05, 0.1) is 12.4 Å². The Morgan fingerprint density at radius 2 is 1.83 bits per heavy atom. The lowest BCUT2D eigenvalue weighted by Crippen LogP contribution is -2.36. The van der Waals surface area contributed by atoms with Crippen molar-refractivity contribution in [2.75, 3.05) is 19.8 Å². The van der Waals surface area contributed by atoms with Gasteiger partial charge < -0.3 is 22.4 Å². The largest absolute Gasteiger partial charge is 0.512 e. The van der Waals surface area contributed by atoms with Crippen molar-refractivity contribution in [3.8, 4) is 5.75 Å². The van der Waals surface area contributed by atoms with E-state index >= 15 is 0 Å². The Balaban J connectivity index is 2.52. The second-order valence-corrected chi connectivity index (χ2v) is 3.72. The average Bonchev–Trinajstić information content (AvgIpc) is 2.27. The van der Waals surface area contributed by atoms with Gasteiger partial charge in [0.25, 0.3) is 0 Å². The predicted octanol–water partition coefficient (Wildman–Crippen LogP) is 2.69. The van der Waals surface area contributed by atoms with Crippen LogP contribution in [-0.2, 0) is 4.74 Å². The first-order valence-corrected chi connectivity index (χ1v) is 5.65. The monoisotopic (exact) mass is 265 g/mol. The first-order valence-electron chi connectivity index (χ1n) is 5.65. The van der Waals surface area contributed by atoms with E-state index in [-0.39, 0.29) is 12.4 Å². The summed E-state index contributed by atoms with van der Waals surface area (Å²) in [6.45, 7) is -2.29. The maximum absolute atomic E-state index is 13.2. The summed E-state index contributed by atoms with van der Waals surface area (Å²) in [6.07, 6.45) is 0.872. The molecule has 0 atom stereocenters. The third kappa shape index (κ3) is 4.56. The summed E-state index contributed by atoms with van der Waals surface area (Å²) in [5, 5.41) is 0. The summed E-state index contributed by atoms with van der Waals surface area (Å²) in [5.41, 5.74) is -1.23. The topological polar surface area (TPSA) is 18.5 Å². The lowest BCUT2D eigenvalue weighted by Gasteiger charge is -2.16. The Bertz CT molecular complexity index is 382. The van der Waals surface area contributed by atoms with Crippen molar-refractivity contribution >= 4 is 12.4 Å². The van der Waals surface area contributed by atoms with Crippen LogP contribution in [0.3, 0.4) is 0 Å². The first-order chi connectivity index (χ1) is 8.45. The van der Waals surface area contributed by atoms with E-state index in [1.807, 2.05) is 6.92 Å². The van der Waals surface area contributed by atoms with Crippen molar-refractivity contribution in [2.24, 2.45) is 0 Å². The molecule has 18 heavy (non-hydrogen) atoms. The normalized spacial score (nSPS) is 11.6. The van der Waals surface area contributed by atoms with Crippen molar-refractivity contribution in [1.82, 2.24) is 0 Å². The fourth-order valence-corrected chi connectivity index (χ4v) is 1.33. The third-order valence-electron chi connectivity index (χ3n) is 2.17. The fourth-order valence-electron chi connectivity index (χ4n) is 1.33. The molecule has 0 aromatic heterocycles. The van der Waals surface area contributed by atoms with Gasteiger partial charge in [-0.05, 0) is 12.5 Å². The molecule has 0 heterocycles. The summed E-state index contributed by atoms with van der Waals surface area (Å²) in [4.78, 5) is 0. The van der Waals surface area contributed by atoms with E-state index in [2.05, 4.69) is 0 Å². The molecular weight excluding hydrogens is 251 g/mol. The van der Waals surface area contributed by atoms with E-state index in [1.165, 1.54) is 0 Å². The minimum absolute atomic E-state index is 0.0661. The molecule has 0 spiro atoms. The highest BCUT2D eigenvalue weighted by Gasteiger charge is 2.28. The number of ether oxygens (including phenoxy) is 2. The van der Waals surface area contributed by atoms with E-state index in [0.717, 1.165) is 18.6 Å². The van der Waals surface area contributed by atoms with Crippen molar-refractivity contribution in [3.05, 3.63) is 24.0 Å². The Hall–Kier alpha value is -1.24. The molecule has 0 bridgehead atoms.